The fourth-order valence-corrected chi connectivity index (χ4v) is 1.42. The third-order valence-corrected chi connectivity index (χ3v) is 2.64. The van der Waals surface area contributed by atoms with Crippen LogP contribution in [-0.2, 0) is 14.3 Å². The van der Waals surface area contributed by atoms with Gasteiger partial charge in [0, 0.05) is 39.3 Å². The second kappa shape index (κ2) is 8.87. The molecule has 0 aromatic heterocycles. The molecule has 0 radical (unpaired) electrons. The maximum atomic E-state index is 11.8. The Morgan fingerprint density at radius 3 is 2.53 bits per heavy atom. The molecule has 0 unspecified atom stereocenters. The predicted octanol–water partition coefficient (Wildman–Crippen LogP) is 0.115. The van der Waals surface area contributed by atoms with Gasteiger partial charge in [-0.05, 0) is 26.7 Å². The highest BCUT2D eigenvalue weighted by Gasteiger charge is 2.17. The van der Waals surface area contributed by atoms with Gasteiger partial charge in [-0.25, -0.2) is 0 Å². The molecule has 0 spiro atoms. The topological polar surface area (TPSA) is 84.7 Å². The lowest BCUT2D eigenvalue weighted by atomic mass is 10.00. The summed E-state index contributed by atoms with van der Waals surface area (Å²) in [6.07, 6.45) is 1.73. The summed E-state index contributed by atoms with van der Waals surface area (Å²) in [6, 6.07) is 0. The summed E-state index contributed by atoms with van der Waals surface area (Å²) in [5.41, 5.74) is 5.46. The van der Waals surface area contributed by atoms with Crippen LogP contribution in [0.2, 0.25) is 0 Å². The zero-order chi connectivity index (χ0) is 14.9. The van der Waals surface area contributed by atoms with Crippen molar-refractivity contribution in [2.45, 2.75) is 38.6 Å². The molecule has 2 amide bonds. The second-order valence-electron chi connectivity index (χ2n) is 5.43. The molecule has 6 heteroatoms. The van der Waals surface area contributed by atoms with Crippen molar-refractivity contribution >= 4 is 11.8 Å². The number of carbonyl (C=O) groups is 2. The summed E-state index contributed by atoms with van der Waals surface area (Å²) in [4.78, 5) is 24.8. The van der Waals surface area contributed by atoms with E-state index in [2.05, 4.69) is 5.32 Å². The van der Waals surface area contributed by atoms with Gasteiger partial charge in [0.2, 0.25) is 11.8 Å². The number of nitrogens with zero attached hydrogens (tertiary/aromatic N) is 1. The molecule has 0 bridgehead atoms. The van der Waals surface area contributed by atoms with E-state index >= 15 is 0 Å². The molecule has 0 rings (SSSR count). The van der Waals surface area contributed by atoms with Crippen molar-refractivity contribution in [2.24, 2.45) is 5.73 Å². The molecule has 0 aromatic carbocycles. The molecule has 112 valence electrons. The van der Waals surface area contributed by atoms with Crippen LogP contribution in [0.25, 0.3) is 0 Å². The molecule has 3 N–H and O–H groups in total. The van der Waals surface area contributed by atoms with Gasteiger partial charge in [-0.1, -0.05) is 0 Å². The van der Waals surface area contributed by atoms with Crippen molar-refractivity contribution in [3.05, 3.63) is 0 Å². The normalized spacial score (nSPS) is 11.2. The van der Waals surface area contributed by atoms with E-state index in [-0.39, 0.29) is 23.9 Å². The highest BCUT2D eigenvalue weighted by molar-refractivity contribution is 5.84. The summed E-state index contributed by atoms with van der Waals surface area (Å²) < 4.78 is 4.88. The van der Waals surface area contributed by atoms with E-state index in [0.29, 0.717) is 26.0 Å². The van der Waals surface area contributed by atoms with E-state index < -0.39 is 0 Å². The monoisotopic (exact) mass is 273 g/mol. The molecule has 0 saturated carbocycles. The maximum absolute atomic E-state index is 11.8. The first-order valence-corrected chi connectivity index (χ1v) is 6.55. The van der Waals surface area contributed by atoms with Crippen LogP contribution in [0.15, 0.2) is 0 Å². The summed E-state index contributed by atoms with van der Waals surface area (Å²) in [6.45, 7) is 5.01. The number of nitrogens with two attached hydrogens (primary N) is 1. The molecular formula is C13H27N3O3. The third kappa shape index (κ3) is 10.5. The molecule has 0 heterocycles. The van der Waals surface area contributed by atoms with Crippen molar-refractivity contribution in [3.63, 3.8) is 0 Å². The Morgan fingerprint density at radius 2 is 2.00 bits per heavy atom. The van der Waals surface area contributed by atoms with Gasteiger partial charge >= 0.3 is 0 Å². The van der Waals surface area contributed by atoms with Gasteiger partial charge in [-0.2, -0.15) is 0 Å². The Hall–Kier alpha value is -1.14. The molecule has 19 heavy (non-hydrogen) atoms. The zero-order valence-electron chi connectivity index (χ0n) is 12.5. The van der Waals surface area contributed by atoms with E-state index in [4.69, 9.17) is 10.5 Å². The molecule has 6 nitrogen and oxygen atoms in total. The Labute approximate surface area is 115 Å². The van der Waals surface area contributed by atoms with Crippen LogP contribution in [0, 0.1) is 0 Å². The van der Waals surface area contributed by atoms with E-state index in [9.17, 15) is 9.59 Å². The van der Waals surface area contributed by atoms with Gasteiger partial charge in [0.05, 0.1) is 6.54 Å². The molecule has 0 aliphatic rings. The highest BCUT2D eigenvalue weighted by atomic mass is 16.5. The second-order valence-corrected chi connectivity index (χ2v) is 5.43. The lowest BCUT2D eigenvalue weighted by Gasteiger charge is -2.21. The number of rotatable bonds is 9. The van der Waals surface area contributed by atoms with Crippen LogP contribution in [0.1, 0.15) is 33.1 Å². The first-order chi connectivity index (χ1) is 8.76. The van der Waals surface area contributed by atoms with Gasteiger partial charge in [-0.15, -0.1) is 0 Å². The van der Waals surface area contributed by atoms with E-state index in [1.54, 1.807) is 14.2 Å². The lowest BCUT2D eigenvalue weighted by Crippen LogP contribution is -2.40. The van der Waals surface area contributed by atoms with Crippen LogP contribution in [-0.4, -0.2) is 56.1 Å². The first kappa shape index (κ1) is 17.9. The summed E-state index contributed by atoms with van der Waals surface area (Å²) >= 11 is 0. The molecule has 0 aromatic rings. The minimum absolute atomic E-state index is 0.0643. The van der Waals surface area contributed by atoms with Crippen molar-refractivity contribution in [2.75, 3.05) is 33.9 Å². The van der Waals surface area contributed by atoms with Crippen LogP contribution in [0.4, 0.5) is 0 Å². The van der Waals surface area contributed by atoms with E-state index in [1.165, 1.54) is 4.90 Å². The van der Waals surface area contributed by atoms with Gasteiger partial charge in [0.1, 0.15) is 0 Å². The zero-order valence-corrected chi connectivity index (χ0v) is 12.5. The molecule has 0 atom stereocenters. The fraction of sp³-hybridized carbons (Fsp3) is 0.846. The number of ether oxygens (including phenoxy) is 1. The van der Waals surface area contributed by atoms with Crippen LogP contribution in [0.3, 0.4) is 0 Å². The molecular weight excluding hydrogens is 246 g/mol. The standard InChI is InChI=1S/C13H27N3O3/c1-13(2,14)7-6-12(18)16(3)10-11(17)15-8-5-9-19-4/h5-10,14H2,1-4H3,(H,15,17). The van der Waals surface area contributed by atoms with Crippen molar-refractivity contribution in [3.8, 4) is 0 Å². The minimum Gasteiger partial charge on any atom is -0.385 e. The SMILES string of the molecule is COCCCNC(=O)CN(C)C(=O)CCC(C)(C)N. The molecule has 0 aliphatic carbocycles. The number of hydrogen-bond acceptors (Lipinski definition) is 4. The number of carbonyl (C=O) groups excluding carboxylic acids is 2. The van der Waals surface area contributed by atoms with Crippen molar-refractivity contribution in [1.29, 1.82) is 0 Å². The smallest absolute Gasteiger partial charge is 0.239 e. The lowest BCUT2D eigenvalue weighted by molar-refractivity contribution is -0.135. The average Bonchev–Trinajstić information content (AvgIpc) is 2.30. The summed E-state index contributed by atoms with van der Waals surface area (Å²) in [5, 5.41) is 2.74. The van der Waals surface area contributed by atoms with Crippen LogP contribution < -0.4 is 11.1 Å². The number of amides is 2. The van der Waals surface area contributed by atoms with E-state index in [1.807, 2.05) is 13.8 Å². The van der Waals surface area contributed by atoms with Crippen LogP contribution in [0.5, 0.6) is 0 Å². The fourth-order valence-electron chi connectivity index (χ4n) is 1.42. The Morgan fingerprint density at radius 1 is 1.37 bits per heavy atom. The minimum atomic E-state index is -0.362. The van der Waals surface area contributed by atoms with Gasteiger partial charge < -0.3 is 20.7 Å². The van der Waals surface area contributed by atoms with E-state index in [0.717, 1.165) is 6.42 Å². The van der Waals surface area contributed by atoms with Gasteiger partial charge in [0.15, 0.2) is 0 Å². The number of likely N-dealkylation sites (N-methyl/N-ethyl adjacent to an activating group) is 1. The average molecular weight is 273 g/mol. The summed E-state index contributed by atoms with van der Waals surface area (Å²) in [7, 11) is 3.24. The summed E-state index contributed by atoms with van der Waals surface area (Å²) in [5.74, 6) is -0.218. The Kier molecular flexibility index (Phi) is 8.34. The quantitative estimate of drug-likeness (QED) is 0.584. The highest BCUT2D eigenvalue weighted by Crippen LogP contribution is 2.08. The third-order valence-electron chi connectivity index (χ3n) is 2.64. The number of methoxy groups -OCH3 is 1. The Bertz CT molecular complexity index is 287. The number of hydrogen-bond donors (Lipinski definition) is 2. The van der Waals surface area contributed by atoms with Gasteiger partial charge in [0.25, 0.3) is 0 Å². The van der Waals surface area contributed by atoms with Crippen LogP contribution >= 0.6 is 0 Å². The van der Waals surface area contributed by atoms with Crippen molar-refractivity contribution in [1.82, 2.24) is 10.2 Å². The largest absolute Gasteiger partial charge is 0.385 e. The van der Waals surface area contributed by atoms with Gasteiger partial charge in [-0.3, -0.25) is 9.59 Å². The predicted molar refractivity (Wildman–Crippen MR) is 74.6 cm³/mol. The Balaban J connectivity index is 3.85. The molecule has 0 aliphatic heterocycles. The molecule has 0 saturated heterocycles. The maximum Gasteiger partial charge on any atom is 0.239 e. The number of nitrogens with one attached hydrogen (secondary N) is 1. The van der Waals surface area contributed by atoms with Crippen molar-refractivity contribution < 1.29 is 14.3 Å². The first-order valence-electron chi connectivity index (χ1n) is 6.55. The molecule has 0 fully saturated rings.